The number of nitrogens with two attached hydrogens (primary N) is 1. The van der Waals surface area contributed by atoms with Crippen molar-refractivity contribution in [3.8, 4) is 0 Å². The quantitative estimate of drug-likeness (QED) is 0.784. The van der Waals surface area contributed by atoms with Gasteiger partial charge in [-0.15, -0.1) is 0 Å². The van der Waals surface area contributed by atoms with Crippen molar-refractivity contribution in [3.63, 3.8) is 0 Å². The van der Waals surface area contributed by atoms with Crippen molar-refractivity contribution in [3.05, 3.63) is 42.5 Å². The molecule has 110 valence electrons. The van der Waals surface area contributed by atoms with Gasteiger partial charge in [0, 0.05) is 31.6 Å². The zero-order valence-corrected chi connectivity index (χ0v) is 11.9. The van der Waals surface area contributed by atoms with E-state index in [1.54, 1.807) is 0 Å². The summed E-state index contributed by atoms with van der Waals surface area (Å²) in [5.74, 6) is 0. The third-order valence-corrected chi connectivity index (χ3v) is 3.91. The number of carbonyl (C=O) groups is 1. The highest BCUT2D eigenvalue weighted by Gasteiger charge is 2.25. The number of carbonyl (C=O) groups excluding carboxylic acids is 1. The molecular weight excluding hydrogens is 264 g/mol. The molecule has 1 aliphatic heterocycles. The van der Waals surface area contributed by atoms with Crippen molar-refractivity contribution < 1.29 is 4.79 Å². The fourth-order valence-corrected chi connectivity index (χ4v) is 2.76. The Balaban J connectivity index is 1.83. The first kappa shape index (κ1) is 13.9. The third-order valence-electron chi connectivity index (χ3n) is 3.91. The third kappa shape index (κ3) is 2.84. The minimum absolute atomic E-state index is 0.0497. The fourth-order valence-electron chi connectivity index (χ4n) is 2.76. The highest BCUT2D eigenvalue weighted by molar-refractivity contribution is 6.01. The number of urea groups is 1. The maximum atomic E-state index is 12.5. The highest BCUT2D eigenvalue weighted by atomic mass is 16.2. The second-order valence-electron chi connectivity index (χ2n) is 5.24. The first-order chi connectivity index (χ1) is 10.3. The first-order valence-electron chi connectivity index (χ1n) is 7.26. The minimum atomic E-state index is -0.0803. The number of piperazine rings is 1. The summed E-state index contributed by atoms with van der Waals surface area (Å²) < 4.78 is 0. The molecule has 2 amide bonds. The van der Waals surface area contributed by atoms with E-state index in [1.807, 2.05) is 47.4 Å². The SMILES string of the molecule is NCC1CNCCN1C(=O)Nc1cccc2ccccc12. The van der Waals surface area contributed by atoms with Gasteiger partial charge in [-0.3, -0.25) is 0 Å². The summed E-state index contributed by atoms with van der Waals surface area (Å²) in [6.07, 6.45) is 0. The van der Waals surface area contributed by atoms with Crippen LogP contribution in [0.5, 0.6) is 0 Å². The number of nitrogens with one attached hydrogen (secondary N) is 2. The summed E-state index contributed by atoms with van der Waals surface area (Å²) in [4.78, 5) is 14.3. The smallest absolute Gasteiger partial charge is 0.322 e. The zero-order valence-electron chi connectivity index (χ0n) is 11.9. The molecule has 5 nitrogen and oxygen atoms in total. The summed E-state index contributed by atoms with van der Waals surface area (Å²) in [6.45, 7) is 2.70. The molecule has 1 atom stereocenters. The van der Waals surface area contributed by atoms with Crippen LogP contribution >= 0.6 is 0 Å². The molecule has 1 unspecified atom stereocenters. The normalized spacial score (nSPS) is 18.7. The van der Waals surface area contributed by atoms with Crippen LogP contribution in [0, 0.1) is 0 Å². The van der Waals surface area contributed by atoms with Gasteiger partial charge in [-0.2, -0.15) is 0 Å². The molecule has 1 fully saturated rings. The average Bonchev–Trinajstić information content (AvgIpc) is 2.55. The standard InChI is InChI=1S/C16H20N4O/c17-10-13-11-18-8-9-20(13)16(21)19-15-7-3-5-12-4-1-2-6-14(12)15/h1-7,13,18H,8-11,17H2,(H,19,21). The molecule has 2 aromatic carbocycles. The number of nitrogens with zero attached hydrogens (tertiary/aromatic N) is 1. The molecule has 3 rings (SSSR count). The van der Waals surface area contributed by atoms with Crippen molar-refractivity contribution in [1.82, 2.24) is 10.2 Å². The van der Waals surface area contributed by atoms with Crippen molar-refractivity contribution in [2.24, 2.45) is 5.73 Å². The Bertz CT molecular complexity index is 638. The lowest BCUT2D eigenvalue weighted by atomic mass is 10.1. The maximum Gasteiger partial charge on any atom is 0.322 e. The second-order valence-corrected chi connectivity index (χ2v) is 5.24. The Kier molecular flexibility index (Phi) is 4.03. The van der Waals surface area contributed by atoms with Crippen molar-refractivity contribution in [1.29, 1.82) is 0 Å². The van der Waals surface area contributed by atoms with Gasteiger partial charge in [0.1, 0.15) is 0 Å². The van der Waals surface area contributed by atoms with E-state index in [9.17, 15) is 4.79 Å². The van der Waals surface area contributed by atoms with E-state index in [0.29, 0.717) is 13.1 Å². The maximum absolute atomic E-state index is 12.5. The number of hydrogen-bond donors (Lipinski definition) is 3. The predicted molar refractivity (Wildman–Crippen MR) is 85.4 cm³/mol. The van der Waals surface area contributed by atoms with Gasteiger partial charge in [-0.1, -0.05) is 36.4 Å². The molecule has 1 saturated heterocycles. The number of amides is 2. The Hall–Kier alpha value is -2.11. The molecule has 0 aliphatic carbocycles. The number of benzene rings is 2. The molecule has 21 heavy (non-hydrogen) atoms. The largest absolute Gasteiger partial charge is 0.328 e. The topological polar surface area (TPSA) is 70.4 Å². The summed E-state index contributed by atoms with van der Waals surface area (Å²) in [5, 5.41) is 8.45. The number of hydrogen-bond acceptors (Lipinski definition) is 3. The fraction of sp³-hybridized carbons (Fsp3) is 0.312. The van der Waals surface area contributed by atoms with Crippen LogP contribution in [0.3, 0.4) is 0 Å². The molecule has 0 radical (unpaired) electrons. The highest BCUT2D eigenvalue weighted by Crippen LogP contribution is 2.23. The van der Waals surface area contributed by atoms with E-state index in [1.165, 1.54) is 0 Å². The van der Waals surface area contributed by atoms with Gasteiger partial charge in [0.05, 0.1) is 11.7 Å². The van der Waals surface area contributed by atoms with Crippen molar-refractivity contribution in [2.75, 3.05) is 31.5 Å². The number of fused-ring (bicyclic) bond motifs is 1. The lowest BCUT2D eigenvalue weighted by Crippen LogP contribution is -2.57. The van der Waals surface area contributed by atoms with E-state index in [0.717, 1.165) is 29.5 Å². The molecule has 0 bridgehead atoms. The molecule has 4 N–H and O–H groups in total. The van der Waals surface area contributed by atoms with E-state index in [2.05, 4.69) is 10.6 Å². The molecule has 0 saturated carbocycles. The predicted octanol–water partition coefficient (Wildman–Crippen LogP) is 1.60. The van der Waals surface area contributed by atoms with E-state index in [4.69, 9.17) is 5.73 Å². The zero-order chi connectivity index (χ0) is 14.7. The van der Waals surface area contributed by atoms with Gasteiger partial charge in [-0.05, 0) is 11.5 Å². The monoisotopic (exact) mass is 284 g/mol. The van der Waals surface area contributed by atoms with E-state index < -0.39 is 0 Å². The van der Waals surface area contributed by atoms with Gasteiger partial charge >= 0.3 is 6.03 Å². The second kappa shape index (κ2) is 6.11. The van der Waals surface area contributed by atoms with Gasteiger partial charge in [0.15, 0.2) is 0 Å². The van der Waals surface area contributed by atoms with Crippen molar-refractivity contribution in [2.45, 2.75) is 6.04 Å². The Morgan fingerprint density at radius 1 is 1.29 bits per heavy atom. The van der Waals surface area contributed by atoms with E-state index in [-0.39, 0.29) is 12.1 Å². The lowest BCUT2D eigenvalue weighted by molar-refractivity contribution is 0.173. The van der Waals surface area contributed by atoms with Crippen LogP contribution < -0.4 is 16.4 Å². The van der Waals surface area contributed by atoms with Crippen LogP contribution in [0.2, 0.25) is 0 Å². The van der Waals surface area contributed by atoms with Gasteiger partial charge in [-0.25, -0.2) is 4.79 Å². The Morgan fingerprint density at radius 3 is 2.95 bits per heavy atom. The molecule has 0 spiro atoms. The van der Waals surface area contributed by atoms with Crippen LogP contribution in [0.4, 0.5) is 10.5 Å². The van der Waals surface area contributed by atoms with Gasteiger partial charge in [0.2, 0.25) is 0 Å². The number of rotatable bonds is 2. The summed E-state index contributed by atoms with van der Waals surface area (Å²) in [7, 11) is 0. The molecule has 1 heterocycles. The summed E-state index contributed by atoms with van der Waals surface area (Å²) >= 11 is 0. The van der Waals surface area contributed by atoms with Crippen LogP contribution in [-0.4, -0.2) is 43.2 Å². The molecular formula is C16H20N4O. The van der Waals surface area contributed by atoms with Crippen LogP contribution in [0.15, 0.2) is 42.5 Å². The molecule has 5 heteroatoms. The molecule has 1 aliphatic rings. The summed E-state index contributed by atoms with van der Waals surface area (Å²) in [5.41, 5.74) is 6.59. The van der Waals surface area contributed by atoms with Crippen LogP contribution in [-0.2, 0) is 0 Å². The van der Waals surface area contributed by atoms with Crippen LogP contribution in [0.1, 0.15) is 0 Å². The molecule has 0 aromatic heterocycles. The van der Waals surface area contributed by atoms with Crippen molar-refractivity contribution >= 4 is 22.5 Å². The minimum Gasteiger partial charge on any atom is -0.328 e. The lowest BCUT2D eigenvalue weighted by Gasteiger charge is -2.35. The summed E-state index contributed by atoms with van der Waals surface area (Å²) in [6, 6.07) is 13.9. The van der Waals surface area contributed by atoms with E-state index >= 15 is 0 Å². The van der Waals surface area contributed by atoms with Crippen LogP contribution in [0.25, 0.3) is 10.8 Å². The van der Waals surface area contributed by atoms with Gasteiger partial charge < -0.3 is 21.3 Å². The molecule has 2 aromatic rings. The Labute approximate surface area is 124 Å². The first-order valence-corrected chi connectivity index (χ1v) is 7.26. The number of anilines is 1. The Morgan fingerprint density at radius 2 is 2.10 bits per heavy atom. The van der Waals surface area contributed by atoms with Gasteiger partial charge in [0.25, 0.3) is 0 Å². The average molecular weight is 284 g/mol.